The van der Waals surface area contributed by atoms with E-state index in [2.05, 4.69) is 19.9 Å². The van der Waals surface area contributed by atoms with Crippen molar-refractivity contribution in [1.29, 1.82) is 0 Å². The molecule has 0 bridgehead atoms. The minimum atomic E-state index is 0.00168. The molecule has 136 valence electrons. The molecule has 1 saturated heterocycles. The molecule has 0 aromatic carbocycles. The van der Waals surface area contributed by atoms with Crippen LogP contribution in [0.2, 0.25) is 0 Å². The number of anilines is 2. The van der Waals surface area contributed by atoms with Crippen molar-refractivity contribution in [2.45, 2.75) is 13.5 Å². The van der Waals surface area contributed by atoms with Crippen LogP contribution >= 0.6 is 0 Å². The van der Waals surface area contributed by atoms with E-state index in [9.17, 15) is 5.11 Å². The molecule has 3 N–H and O–H groups in total. The molecule has 0 radical (unpaired) electrons. The zero-order valence-corrected chi connectivity index (χ0v) is 14.5. The van der Waals surface area contributed by atoms with Gasteiger partial charge in [0.25, 0.3) is 0 Å². The van der Waals surface area contributed by atoms with E-state index < -0.39 is 0 Å². The van der Waals surface area contributed by atoms with Crippen molar-refractivity contribution in [3.63, 3.8) is 0 Å². The summed E-state index contributed by atoms with van der Waals surface area (Å²) >= 11 is 0. The van der Waals surface area contributed by atoms with Gasteiger partial charge in [-0.05, 0) is 6.92 Å². The molecule has 0 amide bonds. The largest absolute Gasteiger partial charge is 0.395 e. The maximum absolute atomic E-state index is 9.32. The molecular weight excluding hydrogens is 336 g/mol. The first kappa shape index (κ1) is 16.6. The zero-order valence-electron chi connectivity index (χ0n) is 14.5. The highest BCUT2D eigenvalue weighted by atomic mass is 16.5. The number of nitrogen functional groups attached to an aromatic ring is 1. The molecule has 4 rings (SSSR count). The molecule has 0 spiro atoms. The first-order chi connectivity index (χ1) is 12.7. The van der Waals surface area contributed by atoms with Crippen LogP contribution < -0.4 is 10.6 Å². The van der Waals surface area contributed by atoms with Crippen LogP contribution in [0.5, 0.6) is 0 Å². The molecule has 4 heterocycles. The Hall–Kier alpha value is -2.85. The second kappa shape index (κ2) is 6.81. The molecule has 3 aromatic heterocycles. The predicted molar refractivity (Wildman–Crippen MR) is 95.6 cm³/mol. The van der Waals surface area contributed by atoms with Gasteiger partial charge in [0.2, 0.25) is 11.9 Å². The van der Waals surface area contributed by atoms with Crippen molar-refractivity contribution in [2.75, 3.05) is 43.5 Å². The quantitative estimate of drug-likeness (QED) is 0.664. The van der Waals surface area contributed by atoms with Crippen LogP contribution in [0.15, 0.2) is 12.5 Å². The van der Waals surface area contributed by atoms with Crippen LogP contribution in [0.25, 0.3) is 22.4 Å². The third-order valence-corrected chi connectivity index (χ3v) is 4.34. The Labute approximate surface area is 149 Å². The number of nitrogens with zero attached hydrogens (tertiary/aromatic N) is 7. The summed E-state index contributed by atoms with van der Waals surface area (Å²) < 4.78 is 7.24. The van der Waals surface area contributed by atoms with Gasteiger partial charge in [-0.2, -0.15) is 4.98 Å². The van der Waals surface area contributed by atoms with Crippen LogP contribution in [0.3, 0.4) is 0 Å². The lowest BCUT2D eigenvalue weighted by molar-refractivity contribution is 0.122. The Balaban J connectivity index is 1.91. The molecule has 10 heteroatoms. The Bertz CT molecular complexity index is 935. The summed E-state index contributed by atoms with van der Waals surface area (Å²) in [6.45, 7) is 4.98. The molecule has 0 aliphatic carbocycles. The molecule has 26 heavy (non-hydrogen) atoms. The number of aliphatic hydroxyl groups is 1. The fourth-order valence-corrected chi connectivity index (χ4v) is 3.01. The van der Waals surface area contributed by atoms with Crippen molar-refractivity contribution in [3.8, 4) is 11.3 Å². The maximum Gasteiger partial charge on any atom is 0.228 e. The SMILES string of the molecule is Cc1nc(N)ncc1-c1nc(N2CCOCC2)nc2c1ncn2CCO. The van der Waals surface area contributed by atoms with Crippen LogP contribution in [0, 0.1) is 6.92 Å². The van der Waals surface area contributed by atoms with E-state index in [-0.39, 0.29) is 12.6 Å². The highest BCUT2D eigenvalue weighted by molar-refractivity contribution is 5.89. The summed E-state index contributed by atoms with van der Waals surface area (Å²) in [5.74, 6) is 0.822. The molecule has 1 aliphatic heterocycles. The summed E-state index contributed by atoms with van der Waals surface area (Å²) in [7, 11) is 0. The number of rotatable bonds is 4. The molecule has 1 fully saturated rings. The number of morpholine rings is 1. The van der Waals surface area contributed by atoms with Crippen molar-refractivity contribution in [1.82, 2.24) is 29.5 Å². The lowest BCUT2D eigenvalue weighted by Crippen LogP contribution is -2.37. The van der Waals surface area contributed by atoms with Crippen LogP contribution in [0.1, 0.15) is 5.69 Å². The van der Waals surface area contributed by atoms with Gasteiger partial charge in [0.05, 0.1) is 31.8 Å². The van der Waals surface area contributed by atoms with Crippen molar-refractivity contribution in [3.05, 3.63) is 18.2 Å². The number of hydrogen-bond donors (Lipinski definition) is 2. The van der Waals surface area contributed by atoms with Gasteiger partial charge in [-0.25, -0.2) is 19.9 Å². The van der Waals surface area contributed by atoms with Gasteiger partial charge in [-0.15, -0.1) is 0 Å². The van der Waals surface area contributed by atoms with Crippen molar-refractivity contribution < 1.29 is 9.84 Å². The number of fused-ring (bicyclic) bond motifs is 1. The van der Waals surface area contributed by atoms with Crippen molar-refractivity contribution in [2.24, 2.45) is 0 Å². The van der Waals surface area contributed by atoms with E-state index in [4.69, 9.17) is 20.4 Å². The fraction of sp³-hybridized carbons (Fsp3) is 0.438. The van der Waals surface area contributed by atoms with E-state index in [0.717, 1.165) is 24.3 Å². The smallest absolute Gasteiger partial charge is 0.228 e. The van der Waals surface area contributed by atoms with Crippen LogP contribution in [-0.4, -0.2) is 67.5 Å². The molecule has 3 aromatic rings. The summed E-state index contributed by atoms with van der Waals surface area (Å²) in [5.41, 5.74) is 9.14. The fourth-order valence-electron chi connectivity index (χ4n) is 3.01. The lowest BCUT2D eigenvalue weighted by atomic mass is 10.1. The molecule has 1 aliphatic rings. The van der Waals surface area contributed by atoms with Gasteiger partial charge >= 0.3 is 0 Å². The topological polar surface area (TPSA) is 128 Å². The molecule has 0 unspecified atom stereocenters. The third kappa shape index (κ3) is 2.93. The van der Waals surface area contributed by atoms with Gasteiger partial charge in [0.15, 0.2) is 5.65 Å². The first-order valence-corrected chi connectivity index (χ1v) is 8.43. The lowest BCUT2D eigenvalue weighted by Gasteiger charge is -2.27. The first-order valence-electron chi connectivity index (χ1n) is 8.43. The van der Waals surface area contributed by atoms with Crippen molar-refractivity contribution >= 4 is 23.1 Å². The maximum atomic E-state index is 9.32. The second-order valence-corrected chi connectivity index (χ2v) is 6.03. The van der Waals surface area contributed by atoms with E-state index >= 15 is 0 Å². The van der Waals surface area contributed by atoms with Gasteiger partial charge < -0.3 is 25.0 Å². The molecule has 10 nitrogen and oxygen atoms in total. The normalized spacial score (nSPS) is 14.9. The Morgan fingerprint density at radius 2 is 2.00 bits per heavy atom. The highest BCUT2D eigenvalue weighted by Gasteiger charge is 2.21. The molecular formula is C16H20N8O2. The number of nitrogens with two attached hydrogens (primary N) is 1. The van der Waals surface area contributed by atoms with Gasteiger partial charge in [-0.1, -0.05) is 0 Å². The number of aryl methyl sites for hydroxylation is 1. The summed E-state index contributed by atoms with van der Waals surface area (Å²) in [5, 5.41) is 9.32. The number of ether oxygens (including phenoxy) is 1. The Morgan fingerprint density at radius 1 is 1.19 bits per heavy atom. The third-order valence-electron chi connectivity index (χ3n) is 4.34. The molecule has 0 saturated carbocycles. The number of hydrogen-bond acceptors (Lipinski definition) is 9. The summed E-state index contributed by atoms with van der Waals surface area (Å²) in [6.07, 6.45) is 3.32. The summed E-state index contributed by atoms with van der Waals surface area (Å²) in [6, 6.07) is 0. The number of aromatic nitrogens is 6. The van der Waals surface area contributed by atoms with E-state index in [0.29, 0.717) is 42.6 Å². The van der Waals surface area contributed by atoms with Gasteiger partial charge in [-0.3, -0.25) is 0 Å². The monoisotopic (exact) mass is 356 g/mol. The number of imidazole rings is 1. The average molecular weight is 356 g/mol. The van der Waals surface area contributed by atoms with Crippen LogP contribution in [0.4, 0.5) is 11.9 Å². The van der Waals surface area contributed by atoms with E-state index in [1.165, 1.54) is 0 Å². The van der Waals surface area contributed by atoms with Gasteiger partial charge in [0.1, 0.15) is 11.2 Å². The summed E-state index contributed by atoms with van der Waals surface area (Å²) in [4.78, 5) is 24.3. The zero-order chi connectivity index (χ0) is 18.1. The second-order valence-electron chi connectivity index (χ2n) is 6.03. The van der Waals surface area contributed by atoms with Crippen LogP contribution in [-0.2, 0) is 11.3 Å². The van der Waals surface area contributed by atoms with E-state index in [1.807, 2.05) is 11.5 Å². The average Bonchev–Trinajstić information content (AvgIpc) is 3.05. The highest BCUT2D eigenvalue weighted by Crippen LogP contribution is 2.29. The Morgan fingerprint density at radius 3 is 2.73 bits per heavy atom. The minimum absolute atomic E-state index is 0.00168. The van der Waals surface area contributed by atoms with Gasteiger partial charge in [0, 0.05) is 31.4 Å². The predicted octanol–water partition coefficient (Wildman–Crippen LogP) is 0.00282. The minimum Gasteiger partial charge on any atom is -0.395 e. The molecule has 0 atom stereocenters. The van der Waals surface area contributed by atoms with E-state index in [1.54, 1.807) is 12.5 Å². The Kier molecular flexibility index (Phi) is 4.35. The number of aliphatic hydroxyl groups excluding tert-OH is 1. The standard InChI is InChI=1S/C16H20N8O2/c1-10-11(8-18-15(17)20-10)12-13-14(24(2-5-25)9-19-13)22-16(21-12)23-3-6-26-7-4-23/h8-9,25H,2-7H2,1H3,(H2,17,18,20).